The third-order valence-corrected chi connectivity index (χ3v) is 6.93. The summed E-state index contributed by atoms with van der Waals surface area (Å²) in [5, 5.41) is 4.88. The Kier molecular flexibility index (Phi) is 6.52. The van der Waals surface area contributed by atoms with E-state index in [1.807, 2.05) is 42.8 Å². The third kappa shape index (κ3) is 4.75. The monoisotopic (exact) mass is 443 g/mol. The first-order valence-electron chi connectivity index (χ1n) is 9.90. The van der Waals surface area contributed by atoms with Crippen LogP contribution in [-0.2, 0) is 11.3 Å². The molecule has 1 atom stereocenters. The molecule has 158 valence electrons. The fourth-order valence-corrected chi connectivity index (χ4v) is 4.74. The van der Waals surface area contributed by atoms with Crippen molar-refractivity contribution in [2.75, 3.05) is 37.8 Å². The zero-order valence-corrected chi connectivity index (χ0v) is 18.7. The van der Waals surface area contributed by atoms with Crippen LogP contribution in [0.5, 0.6) is 0 Å². The molecular formula is C21H25N5O2S2. The lowest BCUT2D eigenvalue weighted by atomic mass is 10.2. The van der Waals surface area contributed by atoms with Crippen molar-refractivity contribution in [3.63, 3.8) is 0 Å². The molecule has 1 aliphatic rings. The Morgan fingerprint density at radius 2 is 1.97 bits per heavy atom. The van der Waals surface area contributed by atoms with Gasteiger partial charge in [-0.3, -0.25) is 23.8 Å². The number of hydrogen-bond donors (Lipinski definition) is 1. The molecule has 9 heteroatoms. The number of nitrogens with zero attached hydrogens (tertiary/aromatic N) is 4. The number of aromatic nitrogens is 2. The minimum atomic E-state index is -0.197. The van der Waals surface area contributed by atoms with Crippen molar-refractivity contribution < 1.29 is 4.79 Å². The summed E-state index contributed by atoms with van der Waals surface area (Å²) in [6, 6.07) is 9.32. The standard InChI is InChI=1S/C21H25N5O2S2/c1-15(20(28)22-16-3-5-18(29-2)6-4-16)25-9-7-24(8-10-25)14-17-13-19(27)26-11-12-30-21(26)23-17/h3-6,11-13,15H,7-10,14H2,1-2H3,(H,22,28). The minimum Gasteiger partial charge on any atom is -0.325 e. The van der Waals surface area contributed by atoms with Crippen LogP contribution in [-0.4, -0.2) is 63.6 Å². The van der Waals surface area contributed by atoms with E-state index >= 15 is 0 Å². The summed E-state index contributed by atoms with van der Waals surface area (Å²) in [6.07, 6.45) is 3.78. The van der Waals surface area contributed by atoms with Gasteiger partial charge in [0, 0.05) is 60.9 Å². The Morgan fingerprint density at radius 3 is 2.67 bits per heavy atom. The molecule has 1 saturated heterocycles. The van der Waals surface area contributed by atoms with Crippen molar-refractivity contribution in [3.05, 3.63) is 58.0 Å². The Bertz CT molecular complexity index is 1070. The number of thiazole rings is 1. The molecule has 4 rings (SSSR count). The second kappa shape index (κ2) is 9.30. The van der Waals surface area contributed by atoms with Crippen LogP contribution in [0.15, 0.2) is 51.6 Å². The topological polar surface area (TPSA) is 70.0 Å². The van der Waals surface area contributed by atoms with E-state index in [1.165, 1.54) is 16.2 Å². The lowest BCUT2D eigenvalue weighted by Crippen LogP contribution is -2.52. The summed E-state index contributed by atoms with van der Waals surface area (Å²) >= 11 is 3.15. The van der Waals surface area contributed by atoms with Gasteiger partial charge in [-0.25, -0.2) is 4.98 Å². The molecule has 1 aromatic carbocycles. The SMILES string of the molecule is CSc1ccc(NC(=O)C(C)N2CCN(Cc3cc(=O)n4ccsc4n3)CC2)cc1. The molecule has 3 aromatic rings. The average molecular weight is 444 g/mol. The largest absolute Gasteiger partial charge is 0.325 e. The van der Waals surface area contributed by atoms with Crippen LogP contribution in [0.25, 0.3) is 4.96 Å². The number of piperazine rings is 1. The summed E-state index contributed by atoms with van der Waals surface area (Å²) in [5.41, 5.74) is 1.59. The molecule has 1 N–H and O–H groups in total. The number of benzene rings is 1. The van der Waals surface area contributed by atoms with Gasteiger partial charge >= 0.3 is 0 Å². The summed E-state index contributed by atoms with van der Waals surface area (Å²) in [6.45, 7) is 5.89. The first-order valence-corrected chi connectivity index (χ1v) is 12.0. The van der Waals surface area contributed by atoms with Gasteiger partial charge in [0.2, 0.25) is 5.91 Å². The predicted molar refractivity (Wildman–Crippen MR) is 123 cm³/mol. The molecule has 0 aliphatic carbocycles. The van der Waals surface area contributed by atoms with Gasteiger partial charge in [0.1, 0.15) is 0 Å². The third-order valence-electron chi connectivity index (χ3n) is 5.43. The summed E-state index contributed by atoms with van der Waals surface area (Å²) in [7, 11) is 0. The van der Waals surface area contributed by atoms with Gasteiger partial charge in [0.05, 0.1) is 11.7 Å². The van der Waals surface area contributed by atoms with Crippen LogP contribution in [0.1, 0.15) is 12.6 Å². The van der Waals surface area contributed by atoms with E-state index < -0.39 is 0 Å². The number of nitrogens with one attached hydrogen (secondary N) is 1. The molecule has 7 nitrogen and oxygen atoms in total. The fraction of sp³-hybridized carbons (Fsp3) is 0.381. The van der Waals surface area contributed by atoms with Gasteiger partial charge < -0.3 is 5.32 Å². The van der Waals surface area contributed by atoms with E-state index in [1.54, 1.807) is 28.4 Å². The molecule has 1 amide bonds. The van der Waals surface area contributed by atoms with E-state index in [0.717, 1.165) is 42.5 Å². The number of carbonyl (C=O) groups is 1. The zero-order valence-electron chi connectivity index (χ0n) is 17.1. The quantitative estimate of drug-likeness (QED) is 0.591. The van der Waals surface area contributed by atoms with Gasteiger partial charge in [-0.15, -0.1) is 23.1 Å². The van der Waals surface area contributed by atoms with Gasteiger partial charge in [-0.05, 0) is 37.4 Å². The first-order chi connectivity index (χ1) is 14.5. The fourth-order valence-electron chi connectivity index (χ4n) is 3.59. The maximum absolute atomic E-state index is 12.7. The number of carbonyl (C=O) groups excluding carboxylic acids is 1. The summed E-state index contributed by atoms with van der Waals surface area (Å²) in [5.74, 6) is 0.0122. The molecule has 30 heavy (non-hydrogen) atoms. The highest BCUT2D eigenvalue weighted by atomic mass is 32.2. The predicted octanol–water partition coefficient (Wildman–Crippen LogP) is 2.62. The van der Waals surface area contributed by atoms with E-state index in [2.05, 4.69) is 20.1 Å². The minimum absolute atomic E-state index is 0.0122. The molecule has 0 spiro atoms. The van der Waals surface area contributed by atoms with Gasteiger partial charge in [-0.2, -0.15) is 0 Å². The van der Waals surface area contributed by atoms with Crippen LogP contribution >= 0.6 is 23.1 Å². The van der Waals surface area contributed by atoms with Crippen LogP contribution in [0.4, 0.5) is 5.69 Å². The maximum Gasteiger partial charge on any atom is 0.258 e. The molecule has 3 heterocycles. The molecule has 0 radical (unpaired) electrons. The van der Waals surface area contributed by atoms with Gasteiger partial charge in [0.15, 0.2) is 4.96 Å². The Labute approximate surface area is 183 Å². The van der Waals surface area contributed by atoms with Crippen LogP contribution < -0.4 is 10.9 Å². The van der Waals surface area contributed by atoms with E-state index in [-0.39, 0.29) is 17.5 Å². The molecule has 1 fully saturated rings. The number of thioether (sulfide) groups is 1. The lowest BCUT2D eigenvalue weighted by Gasteiger charge is -2.37. The first kappa shape index (κ1) is 21.0. The maximum atomic E-state index is 12.7. The van der Waals surface area contributed by atoms with Gasteiger partial charge in [0.25, 0.3) is 5.56 Å². The van der Waals surface area contributed by atoms with E-state index in [9.17, 15) is 9.59 Å². The molecule has 0 bridgehead atoms. The van der Waals surface area contributed by atoms with Crippen molar-refractivity contribution in [1.29, 1.82) is 0 Å². The van der Waals surface area contributed by atoms with Crippen LogP contribution in [0.3, 0.4) is 0 Å². The molecular weight excluding hydrogens is 418 g/mol. The number of amides is 1. The second-order valence-corrected chi connectivity index (χ2v) is 9.10. The van der Waals surface area contributed by atoms with Gasteiger partial charge in [-0.1, -0.05) is 0 Å². The van der Waals surface area contributed by atoms with E-state index in [4.69, 9.17) is 0 Å². The van der Waals surface area contributed by atoms with Crippen molar-refractivity contribution >= 4 is 39.7 Å². The number of rotatable bonds is 6. The second-order valence-electron chi connectivity index (χ2n) is 7.35. The van der Waals surface area contributed by atoms with Crippen molar-refractivity contribution in [1.82, 2.24) is 19.2 Å². The van der Waals surface area contributed by atoms with Crippen LogP contribution in [0, 0.1) is 0 Å². The smallest absolute Gasteiger partial charge is 0.258 e. The summed E-state index contributed by atoms with van der Waals surface area (Å²) < 4.78 is 1.57. The van der Waals surface area contributed by atoms with Crippen LogP contribution in [0.2, 0.25) is 0 Å². The highest BCUT2D eigenvalue weighted by molar-refractivity contribution is 7.98. The molecule has 1 unspecified atom stereocenters. The number of anilines is 1. The molecule has 2 aromatic heterocycles. The van der Waals surface area contributed by atoms with E-state index in [0.29, 0.717) is 6.54 Å². The Balaban J connectivity index is 1.30. The highest BCUT2D eigenvalue weighted by Gasteiger charge is 2.26. The highest BCUT2D eigenvalue weighted by Crippen LogP contribution is 2.18. The normalized spacial score (nSPS) is 16.6. The van der Waals surface area contributed by atoms with Crippen molar-refractivity contribution in [2.45, 2.75) is 24.4 Å². The summed E-state index contributed by atoms with van der Waals surface area (Å²) in [4.78, 5) is 35.8. The lowest BCUT2D eigenvalue weighted by molar-refractivity contribution is -0.121. The number of fused-ring (bicyclic) bond motifs is 1. The van der Waals surface area contributed by atoms with Crippen molar-refractivity contribution in [2.24, 2.45) is 0 Å². The number of hydrogen-bond acceptors (Lipinski definition) is 7. The Morgan fingerprint density at radius 1 is 1.23 bits per heavy atom. The zero-order chi connectivity index (χ0) is 21.1. The molecule has 1 aliphatic heterocycles. The molecule has 0 saturated carbocycles. The average Bonchev–Trinajstić information content (AvgIpc) is 3.23. The van der Waals surface area contributed by atoms with Crippen molar-refractivity contribution in [3.8, 4) is 0 Å². The Hall–Kier alpha value is -2.20.